The van der Waals surface area contributed by atoms with Gasteiger partial charge in [-0.15, -0.1) is 0 Å². The number of ketones is 1. The van der Waals surface area contributed by atoms with Crippen molar-refractivity contribution in [3.8, 4) is 11.5 Å². The summed E-state index contributed by atoms with van der Waals surface area (Å²) in [6, 6.07) is 16.4. The average molecular weight is 459 g/mol. The van der Waals surface area contributed by atoms with Crippen LogP contribution >= 0.6 is 0 Å². The van der Waals surface area contributed by atoms with Crippen LogP contribution in [0.3, 0.4) is 0 Å². The number of aliphatic hydroxyl groups excluding tert-OH is 1. The third-order valence-electron chi connectivity index (χ3n) is 5.50. The number of methoxy groups -OCH3 is 1. The predicted octanol–water partition coefficient (Wildman–Crippen LogP) is 4.75. The van der Waals surface area contributed by atoms with Gasteiger partial charge in [-0.1, -0.05) is 38.1 Å². The topological polar surface area (TPSA) is 89.0 Å². The number of pyridine rings is 1. The number of carbonyl (C=O) groups is 2. The Labute approximate surface area is 198 Å². The lowest BCUT2D eigenvalue weighted by Crippen LogP contribution is -2.29. The van der Waals surface area contributed by atoms with Crippen LogP contribution in [-0.4, -0.2) is 35.5 Å². The number of Topliss-reactive ketones (excluding diaryl/α,β-unsaturated/α-hetero) is 1. The summed E-state index contributed by atoms with van der Waals surface area (Å²) >= 11 is 0. The van der Waals surface area contributed by atoms with E-state index in [1.165, 1.54) is 12.0 Å². The minimum atomic E-state index is -0.862. The second kappa shape index (κ2) is 9.79. The number of aliphatic hydroxyl groups is 1. The molecule has 0 radical (unpaired) electrons. The standard InChI is InChI=1S/C27H26N2O5/c1-17(2)16-34-20-8-6-7-19(15-20)25(30)23-24(18-11-13-28-14-12-18)29(27(32)26(23)31)21-9-4-5-10-22(21)33-3/h4-15,17,24,30H,16H2,1-3H3/b25-23-. The molecule has 2 heterocycles. The number of rotatable bonds is 7. The summed E-state index contributed by atoms with van der Waals surface area (Å²) in [6.07, 6.45) is 3.16. The predicted molar refractivity (Wildman–Crippen MR) is 129 cm³/mol. The molecule has 34 heavy (non-hydrogen) atoms. The van der Waals surface area contributed by atoms with Crippen molar-refractivity contribution in [2.75, 3.05) is 18.6 Å². The van der Waals surface area contributed by atoms with E-state index in [-0.39, 0.29) is 11.3 Å². The van der Waals surface area contributed by atoms with Crippen molar-refractivity contribution in [1.29, 1.82) is 0 Å². The first-order valence-corrected chi connectivity index (χ1v) is 11.0. The van der Waals surface area contributed by atoms with Gasteiger partial charge in [0, 0.05) is 18.0 Å². The van der Waals surface area contributed by atoms with Gasteiger partial charge in [0.05, 0.1) is 31.0 Å². The molecule has 1 atom stereocenters. The minimum Gasteiger partial charge on any atom is -0.507 e. The Morgan fingerprint density at radius 3 is 2.50 bits per heavy atom. The largest absolute Gasteiger partial charge is 0.507 e. The van der Waals surface area contributed by atoms with E-state index in [1.54, 1.807) is 73.1 Å². The number of hydrogen-bond donors (Lipinski definition) is 1. The molecule has 1 aliphatic rings. The van der Waals surface area contributed by atoms with Crippen molar-refractivity contribution in [3.63, 3.8) is 0 Å². The van der Waals surface area contributed by atoms with E-state index in [0.717, 1.165) is 0 Å². The van der Waals surface area contributed by atoms with Crippen LogP contribution in [-0.2, 0) is 9.59 Å². The number of carbonyl (C=O) groups excluding carboxylic acids is 2. The minimum absolute atomic E-state index is 0.0110. The molecule has 7 nitrogen and oxygen atoms in total. The van der Waals surface area contributed by atoms with Crippen LogP contribution in [0.15, 0.2) is 78.6 Å². The van der Waals surface area contributed by atoms with Gasteiger partial charge in [-0.25, -0.2) is 0 Å². The average Bonchev–Trinajstić information content (AvgIpc) is 3.13. The van der Waals surface area contributed by atoms with E-state index in [0.29, 0.717) is 40.8 Å². The maximum Gasteiger partial charge on any atom is 0.300 e. The smallest absolute Gasteiger partial charge is 0.300 e. The molecule has 1 amide bonds. The molecule has 1 aromatic heterocycles. The summed E-state index contributed by atoms with van der Waals surface area (Å²) in [7, 11) is 1.50. The van der Waals surface area contributed by atoms with E-state index < -0.39 is 17.7 Å². The first-order valence-electron chi connectivity index (χ1n) is 11.0. The van der Waals surface area contributed by atoms with Crippen molar-refractivity contribution in [1.82, 2.24) is 4.98 Å². The molecule has 4 rings (SSSR count). The number of aromatic nitrogens is 1. The molecule has 3 aromatic rings. The fraction of sp³-hybridized carbons (Fsp3) is 0.222. The maximum atomic E-state index is 13.3. The highest BCUT2D eigenvalue weighted by Crippen LogP contribution is 2.44. The molecule has 1 fully saturated rings. The molecule has 1 N–H and O–H groups in total. The van der Waals surface area contributed by atoms with E-state index in [1.807, 2.05) is 13.8 Å². The fourth-order valence-electron chi connectivity index (χ4n) is 3.92. The van der Waals surface area contributed by atoms with Gasteiger partial charge < -0.3 is 14.6 Å². The molecule has 1 saturated heterocycles. The number of benzene rings is 2. The van der Waals surface area contributed by atoms with Crippen LogP contribution in [0.2, 0.25) is 0 Å². The molecule has 1 aliphatic heterocycles. The van der Waals surface area contributed by atoms with Crippen molar-refractivity contribution in [3.05, 3.63) is 89.8 Å². The number of hydrogen-bond acceptors (Lipinski definition) is 6. The first-order chi connectivity index (χ1) is 16.4. The van der Waals surface area contributed by atoms with Crippen LogP contribution in [0.25, 0.3) is 5.76 Å². The van der Waals surface area contributed by atoms with Gasteiger partial charge in [-0.05, 0) is 47.9 Å². The van der Waals surface area contributed by atoms with Crippen LogP contribution < -0.4 is 14.4 Å². The zero-order valence-electron chi connectivity index (χ0n) is 19.3. The molecular weight excluding hydrogens is 432 g/mol. The van der Waals surface area contributed by atoms with Gasteiger partial charge in [0.15, 0.2) is 0 Å². The second-order valence-corrected chi connectivity index (χ2v) is 8.35. The fourth-order valence-corrected chi connectivity index (χ4v) is 3.92. The Morgan fingerprint density at radius 2 is 1.79 bits per heavy atom. The Hall–Kier alpha value is -4.13. The van der Waals surface area contributed by atoms with Gasteiger partial charge in [0.1, 0.15) is 17.3 Å². The van der Waals surface area contributed by atoms with Crippen LogP contribution in [0, 0.1) is 5.92 Å². The van der Waals surface area contributed by atoms with E-state index in [2.05, 4.69) is 4.98 Å². The molecular formula is C27H26N2O5. The van der Waals surface area contributed by atoms with E-state index in [4.69, 9.17) is 9.47 Å². The molecule has 0 spiro atoms. The summed E-state index contributed by atoms with van der Waals surface area (Å²) < 4.78 is 11.2. The highest BCUT2D eigenvalue weighted by Gasteiger charge is 2.47. The quantitative estimate of drug-likeness (QED) is 0.312. The van der Waals surface area contributed by atoms with Crippen molar-refractivity contribution >= 4 is 23.1 Å². The SMILES string of the molecule is COc1ccccc1N1C(=O)C(=O)/C(=C(\O)c2cccc(OCC(C)C)c2)C1c1ccncc1. The van der Waals surface area contributed by atoms with Gasteiger partial charge in [0.25, 0.3) is 11.7 Å². The first kappa shape index (κ1) is 23.0. The molecule has 0 saturated carbocycles. The Kier molecular flexibility index (Phi) is 6.63. The number of amides is 1. The summed E-state index contributed by atoms with van der Waals surface area (Å²) in [5.74, 6) is -0.467. The molecule has 174 valence electrons. The third-order valence-corrected chi connectivity index (χ3v) is 5.50. The monoisotopic (exact) mass is 458 g/mol. The van der Waals surface area contributed by atoms with Crippen LogP contribution in [0.4, 0.5) is 5.69 Å². The van der Waals surface area contributed by atoms with Crippen molar-refractivity contribution in [2.24, 2.45) is 5.92 Å². The lowest BCUT2D eigenvalue weighted by Gasteiger charge is -2.26. The highest BCUT2D eigenvalue weighted by atomic mass is 16.5. The number of para-hydroxylation sites is 2. The lowest BCUT2D eigenvalue weighted by atomic mass is 9.95. The molecule has 7 heteroatoms. The lowest BCUT2D eigenvalue weighted by molar-refractivity contribution is -0.132. The van der Waals surface area contributed by atoms with Gasteiger partial charge in [-0.2, -0.15) is 0 Å². The van der Waals surface area contributed by atoms with Crippen LogP contribution in [0.5, 0.6) is 11.5 Å². The molecule has 0 aliphatic carbocycles. The van der Waals surface area contributed by atoms with Gasteiger partial charge in [-0.3, -0.25) is 19.5 Å². The third kappa shape index (κ3) is 4.37. The molecule has 2 aromatic carbocycles. The Bertz CT molecular complexity index is 1240. The summed E-state index contributed by atoms with van der Waals surface area (Å²) in [5.41, 5.74) is 1.44. The van der Waals surface area contributed by atoms with Crippen molar-refractivity contribution < 1.29 is 24.2 Å². The van der Waals surface area contributed by atoms with Crippen molar-refractivity contribution in [2.45, 2.75) is 19.9 Å². The Morgan fingerprint density at radius 1 is 1.06 bits per heavy atom. The number of nitrogens with zero attached hydrogens (tertiary/aromatic N) is 2. The number of anilines is 1. The van der Waals surface area contributed by atoms with E-state index in [9.17, 15) is 14.7 Å². The summed E-state index contributed by atoms with van der Waals surface area (Å²) in [6.45, 7) is 4.59. The zero-order valence-corrected chi connectivity index (χ0v) is 19.3. The maximum absolute atomic E-state index is 13.3. The second-order valence-electron chi connectivity index (χ2n) is 8.35. The summed E-state index contributed by atoms with van der Waals surface area (Å²) in [4.78, 5) is 32.0. The van der Waals surface area contributed by atoms with E-state index >= 15 is 0 Å². The zero-order chi connectivity index (χ0) is 24.2. The highest BCUT2D eigenvalue weighted by molar-refractivity contribution is 6.51. The molecule has 1 unspecified atom stereocenters. The van der Waals surface area contributed by atoms with Crippen LogP contribution in [0.1, 0.15) is 31.0 Å². The molecule has 0 bridgehead atoms. The number of ether oxygens (including phenoxy) is 2. The summed E-state index contributed by atoms with van der Waals surface area (Å²) in [5, 5.41) is 11.3. The van der Waals surface area contributed by atoms with Gasteiger partial charge in [0.2, 0.25) is 0 Å². The Balaban J connectivity index is 1.87. The van der Waals surface area contributed by atoms with Gasteiger partial charge >= 0.3 is 0 Å². The normalized spacial score (nSPS) is 17.3.